The third kappa shape index (κ3) is 6.00. The largest absolute Gasteiger partial charge is 0.355 e. The van der Waals surface area contributed by atoms with Gasteiger partial charge in [0.2, 0.25) is 0 Å². The Balaban J connectivity index is 1.36. The van der Waals surface area contributed by atoms with Gasteiger partial charge in [-0.3, -0.25) is 0 Å². The van der Waals surface area contributed by atoms with Crippen molar-refractivity contribution in [1.82, 2.24) is 0 Å². The summed E-state index contributed by atoms with van der Waals surface area (Å²) in [4.78, 5) is 0. The quantitative estimate of drug-likeness (QED) is 0.202. The molecule has 0 spiro atoms. The fourth-order valence-corrected chi connectivity index (χ4v) is 6.97. The smallest absolute Gasteiger partial charge is 0.0417 e. The first-order chi connectivity index (χ1) is 20.5. The summed E-state index contributed by atoms with van der Waals surface area (Å²) in [6, 6.07) is 27.8. The Labute approximate surface area is 258 Å². The molecule has 1 atom stereocenters. The summed E-state index contributed by atoms with van der Waals surface area (Å²) < 4.78 is 0. The Morgan fingerprint density at radius 2 is 1.49 bits per heavy atom. The van der Waals surface area contributed by atoms with Crippen LogP contribution in [0.25, 0.3) is 32.3 Å². The van der Waals surface area contributed by atoms with Crippen molar-refractivity contribution in [2.75, 3.05) is 5.32 Å². The normalized spacial score (nSPS) is 15.6. The predicted molar refractivity (Wildman–Crippen MR) is 189 cm³/mol. The van der Waals surface area contributed by atoms with Crippen molar-refractivity contribution in [3.63, 3.8) is 0 Å². The van der Waals surface area contributed by atoms with Crippen LogP contribution < -0.4 is 5.32 Å². The lowest BCUT2D eigenvalue weighted by molar-refractivity contribution is 0.319. The Morgan fingerprint density at radius 1 is 0.767 bits per heavy atom. The van der Waals surface area contributed by atoms with Gasteiger partial charge in [0.05, 0.1) is 0 Å². The summed E-state index contributed by atoms with van der Waals surface area (Å²) in [5.41, 5.74) is 8.56. The summed E-state index contributed by atoms with van der Waals surface area (Å²) in [7, 11) is 0. The van der Waals surface area contributed by atoms with Gasteiger partial charge in [0.15, 0.2) is 0 Å². The molecule has 43 heavy (non-hydrogen) atoms. The fourth-order valence-electron chi connectivity index (χ4n) is 6.97. The molecule has 0 aromatic heterocycles. The molecule has 1 heterocycles. The van der Waals surface area contributed by atoms with Crippen LogP contribution in [-0.2, 0) is 12.8 Å². The molecule has 0 aliphatic carbocycles. The van der Waals surface area contributed by atoms with Crippen LogP contribution in [0.5, 0.6) is 0 Å². The zero-order valence-electron chi connectivity index (χ0n) is 27.1. The summed E-state index contributed by atoms with van der Waals surface area (Å²) >= 11 is 0. The van der Waals surface area contributed by atoms with Crippen LogP contribution in [0.15, 0.2) is 108 Å². The zero-order chi connectivity index (χ0) is 30.4. The summed E-state index contributed by atoms with van der Waals surface area (Å²) in [6.07, 6.45) is 13.3. The number of allylic oxidation sites excluding steroid dienone is 5. The first kappa shape index (κ1) is 29.2. The van der Waals surface area contributed by atoms with Crippen molar-refractivity contribution >= 4 is 38.0 Å². The van der Waals surface area contributed by atoms with Gasteiger partial charge in [0, 0.05) is 11.4 Å². The van der Waals surface area contributed by atoms with E-state index in [9.17, 15) is 0 Å². The van der Waals surface area contributed by atoms with Crippen molar-refractivity contribution in [2.45, 2.75) is 80.1 Å². The number of rotatable bonds is 6. The van der Waals surface area contributed by atoms with Crippen molar-refractivity contribution in [1.29, 1.82) is 0 Å². The highest BCUT2D eigenvalue weighted by atomic mass is 14.9. The number of anilines is 1. The molecule has 5 aromatic rings. The van der Waals surface area contributed by atoms with Crippen LogP contribution >= 0.6 is 0 Å². The van der Waals surface area contributed by atoms with E-state index in [0.717, 1.165) is 25.7 Å². The second kappa shape index (κ2) is 11.3. The van der Waals surface area contributed by atoms with Crippen LogP contribution in [0.4, 0.5) is 5.69 Å². The number of nitrogens with one attached hydrogen (secondary N) is 1. The lowest BCUT2D eigenvalue weighted by Gasteiger charge is -2.33. The molecular formula is C42H47N. The van der Waals surface area contributed by atoms with Crippen LogP contribution in [0.2, 0.25) is 0 Å². The third-order valence-electron chi connectivity index (χ3n) is 9.23. The SMILES string of the molecule is C/C=C\C1=C(/C=C\CC(C)(C)C)CCc2cc(CC(c3cc4cccc5ccc6cccc3c6c54)C(C)(C)C)ccc2N1. The van der Waals surface area contributed by atoms with Crippen molar-refractivity contribution in [3.05, 3.63) is 125 Å². The van der Waals surface area contributed by atoms with Gasteiger partial charge in [-0.05, 0) is 116 Å². The van der Waals surface area contributed by atoms with Gasteiger partial charge in [0.1, 0.15) is 0 Å². The van der Waals surface area contributed by atoms with E-state index in [-0.39, 0.29) is 5.41 Å². The van der Waals surface area contributed by atoms with Crippen LogP contribution in [0, 0.1) is 10.8 Å². The molecular weight excluding hydrogens is 518 g/mol. The molecule has 0 saturated carbocycles. The fraction of sp³-hybridized carbons (Fsp3) is 0.333. The number of aryl methyl sites for hydroxylation is 1. The molecule has 220 valence electrons. The van der Waals surface area contributed by atoms with E-state index in [1.165, 1.54) is 66.0 Å². The maximum absolute atomic E-state index is 3.80. The third-order valence-corrected chi connectivity index (χ3v) is 9.23. The van der Waals surface area contributed by atoms with E-state index in [2.05, 4.69) is 151 Å². The van der Waals surface area contributed by atoms with E-state index in [0.29, 0.717) is 11.3 Å². The summed E-state index contributed by atoms with van der Waals surface area (Å²) in [5.74, 6) is 0.381. The molecule has 0 radical (unpaired) electrons. The molecule has 1 aliphatic heterocycles. The average molecular weight is 566 g/mol. The van der Waals surface area contributed by atoms with E-state index < -0.39 is 0 Å². The average Bonchev–Trinajstić information content (AvgIpc) is 3.12. The number of benzene rings is 5. The van der Waals surface area contributed by atoms with Gasteiger partial charge >= 0.3 is 0 Å². The van der Waals surface area contributed by atoms with Gasteiger partial charge in [-0.15, -0.1) is 0 Å². The van der Waals surface area contributed by atoms with Gasteiger partial charge in [0.25, 0.3) is 0 Å². The van der Waals surface area contributed by atoms with Crippen molar-refractivity contribution < 1.29 is 0 Å². The van der Waals surface area contributed by atoms with Gasteiger partial charge in [-0.25, -0.2) is 0 Å². The van der Waals surface area contributed by atoms with E-state index in [4.69, 9.17) is 0 Å². The monoisotopic (exact) mass is 565 g/mol. The maximum Gasteiger partial charge on any atom is 0.0417 e. The predicted octanol–water partition coefficient (Wildman–Crippen LogP) is 12.1. The molecule has 1 aliphatic rings. The Bertz CT molecular complexity index is 1870. The highest BCUT2D eigenvalue weighted by Crippen LogP contribution is 2.45. The Hall–Kier alpha value is -3.84. The maximum atomic E-state index is 3.80. The molecule has 1 unspecified atom stereocenters. The van der Waals surface area contributed by atoms with Gasteiger partial charge < -0.3 is 5.32 Å². The molecule has 0 amide bonds. The molecule has 5 aromatic carbocycles. The minimum absolute atomic E-state index is 0.102. The molecule has 6 rings (SSSR count). The standard InChI is InChI=1S/C42H47N/c1-8-12-37-29(16-11-24-41(2,3)4)19-22-32-25-28(18-23-38(32)43-37)26-36(42(5,6)7)35-27-33-15-9-13-30-20-21-31-14-10-17-34(35)40(31)39(30)33/h8-18,20-21,23,25,27,36,43H,19,22,24,26H2,1-7H3/b12-8-,16-11-. The van der Waals surface area contributed by atoms with Crippen molar-refractivity contribution in [3.8, 4) is 0 Å². The summed E-state index contributed by atoms with van der Waals surface area (Å²) in [6.45, 7) is 16.2. The lowest BCUT2D eigenvalue weighted by atomic mass is 9.71. The molecule has 1 heteroatoms. The second-order valence-corrected chi connectivity index (χ2v) is 14.9. The van der Waals surface area contributed by atoms with E-state index in [1.54, 1.807) is 0 Å². The van der Waals surface area contributed by atoms with Crippen LogP contribution in [0.1, 0.15) is 83.9 Å². The molecule has 0 fully saturated rings. The summed E-state index contributed by atoms with van der Waals surface area (Å²) in [5, 5.41) is 12.0. The minimum atomic E-state index is 0.102. The molecule has 0 saturated heterocycles. The molecule has 0 bridgehead atoms. The first-order valence-electron chi connectivity index (χ1n) is 16.1. The molecule has 1 nitrogen and oxygen atoms in total. The highest BCUT2D eigenvalue weighted by Gasteiger charge is 2.29. The number of fused-ring (bicyclic) bond motifs is 1. The minimum Gasteiger partial charge on any atom is -0.355 e. The second-order valence-electron chi connectivity index (χ2n) is 14.9. The number of hydrogen-bond acceptors (Lipinski definition) is 1. The van der Waals surface area contributed by atoms with Gasteiger partial charge in [-0.2, -0.15) is 0 Å². The Kier molecular flexibility index (Phi) is 7.71. The van der Waals surface area contributed by atoms with Gasteiger partial charge in [-0.1, -0.05) is 127 Å². The molecule has 1 N–H and O–H groups in total. The van der Waals surface area contributed by atoms with E-state index >= 15 is 0 Å². The van der Waals surface area contributed by atoms with Crippen LogP contribution in [-0.4, -0.2) is 0 Å². The zero-order valence-corrected chi connectivity index (χ0v) is 27.1. The van der Waals surface area contributed by atoms with Crippen LogP contribution in [0.3, 0.4) is 0 Å². The highest BCUT2D eigenvalue weighted by molar-refractivity contribution is 6.23. The van der Waals surface area contributed by atoms with Crippen molar-refractivity contribution in [2.24, 2.45) is 10.8 Å². The number of hydrogen-bond donors (Lipinski definition) is 1. The first-order valence-corrected chi connectivity index (χ1v) is 16.1. The van der Waals surface area contributed by atoms with E-state index in [1.807, 2.05) is 0 Å². The topological polar surface area (TPSA) is 12.0 Å². The Morgan fingerprint density at radius 3 is 2.21 bits per heavy atom. The lowest BCUT2D eigenvalue weighted by Crippen LogP contribution is -2.21.